The minimum absolute atomic E-state index is 0.0788. The summed E-state index contributed by atoms with van der Waals surface area (Å²) in [6.45, 7) is 7.17. The van der Waals surface area contributed by atoms with Crippen LogP contribution in [0, 0.1) is 11.6 Å². The first-order valence-electron chi connectivity index (χ1n) is 15.2. The normalized spacial score (nSPS) is 26.7. The van der Waals surface area contributed by atoms with E-state index in [1.807, 2.05) is 11.8 Å². The second-order valence-electron chi connectivity index (χ2n) is 12.1. The van der Waals surface area contributed by atoms with E-state index in [9.17, 15) is 17.6 Å². The fourth-order valence-electron chi connectivity index (χ4n) is 7.07. The van der Waals surface area contributed by atoms with Crippen LogP contribution in [0.2, 0.25) is 0 Å². The number of alkyl halides is 3. The number of nitrogens with two attached hydrogens (primary N) is 1. The van der Waals surface area contributed by atoms with Gasteiger partial charge in [-0.25, -0.2) is 13.8 Å². The first-order chi connectivity index (χ1) is 21.5. The van der Waals surface area contributed by atoms with Crippen molar-refractivity contribution in [2.45, 2.75) is 69.6 Å². The predicted octanol–water partition coefficient (Wildman–Crippen LogP) is 4.15. The van der Waals surface area contributed by atoms with Crippen LogP contribution in [0.1, 0.15) is 38.7 Å². The van der Waals surface area contributed by atoms with Crippen molar-refractivity contribution in [2.24, 2.45) is 0 Å². The van der Waals surface area contributed by atoms with E-state index >= 15 is 4.39 Å². The molecule has 4 aliphatic rings. The molecule has 0 amide bonds. The highest BCUT2D eigenvalue weighted by Gasteiger charge is 2.42. The van der Waals surface area contributed by atoms with E-state index in [1.165, 1.54) is 0 Å². The molecule has 10 nitrogen and oxygen atoms in total. The van der Waals surface area contributed by atoms with Crippen LogP contribution in [0.25, 0.3) is 22.2 Å². The molecule has 15 heteroatoms. The Hall–Kier alpha value is -3.56. The number of benzene rings is 1. The van der Waals surface area contributed by atoms with Crippen molar-refractivity contribution in [2.75, 3.05) is 50.1 Å². The Kier molecular flexibility index (Phi) is 7.60. The van der Waals surface area contributed by atoms with Crippen molar-refractivity contribution < 1.29 is 36.2 Å². The Labute approximate surface area is 256 Å². The number of aromatic nitrogens is 3. The van der Waals surface area contributed by atoms with Gasteiger partial charge in [-0.3, -0.25) is 4.90 Å². The highest BCUT2D eigenvalue weighted by Crippen LogP contribution is 2.45. The molecular weight excluding hydrogens is 601 g/mol. The fourth-order valence-corrected chi connectivity index (χ4v) is 7.07. The Morgan fingerprint density at radius 3 is 2.76 bits per heavy atom. The number of rotatable bonds is 5. The van der Waals surface area contributed by atoms with Gasteiger partial charge in [0.1, 0.15) is 46.5 Å². The van der Waals surface area contributed by atoms with Gasteiger partial charge in [0, 0.05) is 49.0 Å². The molecule has 6 heterocycles. The number of anilines is 2. The maximum atomic E-state index is 16.6. The molecule has 3 N–H and O–H groups in total. The van der Waals surface area contributed by atoms with Gasteiger partial charge in [0.05, 0.1) is 19.3 Å². The quantitative estimate of drug-likeness (QED) is 0.314. The van der Waals surface area contributed by atoms with E-state index in [1.54, 1.807) is 6.92 Å². The molecule has 45 heavy (non-hydrogen) atoms. The first-order valence-corrected chi connectivity index (χ1v) is 15.2. The lowest BCUT2D eigenvalue weighted by atomic mass is 10.00. The summed E-state index contributed by atoms with van der Waals surface area (Å²) in [4.78, 5) is 17.7. The minimum Gasteiger partial charge on any atom is -0.472 e. The highest BCUT2D eigenvalue weighted by atomic mass is 19.4. The summed E-state index contributed by atoms with van der Waals surface area (Å²) in [6, 6.07) is 1.49. The Bertz CT molecular complexity index is 1630. The molecule has 2 aromatic heterocycles. The zero-order chi connectivity index (χ0) is 31.6. The van der Waals surface area contributed by atoms with E-state index in [0.29, 0.717) is 44.2 Å². The number of nitrogens with zero attached hydrogens (tertiary/aromatic N) is 5. The molecule has 1 aromatic carbocycles. The summed E-state index contributed by atoms with van der Waals surface area (Å²) in [5.74, 6) is -2.66. The monoisotopic (exact) mass is 635 g/mol. The van der Waals surface area contributed by atoms with Gasteiger partial charge in [-0.2, -0.15) is 23.1 Å². The standard InChI is InChI=1S/C30H34F5N7O3/c1-3-16-11-42-21(10-37-16)14(2)45-28-22-26(24(32)25(38-28)19-8-15(36)9-20(31)23(19)30(33,34)35)39-29(40-27(22)42)44-13-18-5-4-17-12-43-7-6-41(17)18/h8-9,14,16-18,21,37H,3-7,10-13,36H2,1-2H3/t14-,16+,17-,18-,21-/m0/s1. The number of ether oxygens (including phenoxy) is 3. The first kappa shape index (κ1) is 30.1. The van der Waals surface area contributed by atoms with E-state index in [4.69, 9.17) is 24.9 Å². The molecule has 3 aromatic rings. The fraction of sp³-hybridized carbons (Fsp3) is 0.567. The lowest BCUT2D eigenvalue weighted by Crippen LogP contribution is -2.60. The van der Waals surface area contributed by atoms with Gasteiger partial charge in [-0.15, -0.1) is 0 Å². The predicted molar refractivity (Wildman–Crippen MR) is 155 cm³/mol. The minimum atomic E-state index is -5.16. The molecule has 0 bridgehead atoms. The molecule has 5 atom stereocenters. The molecule has 4 aliphatic heterocycles. The molecule has 0 unspecified atom stereocenters. The van der Waals surface area contributed by atoms with Gasteiger partial charge < -0.3 is 30.2 Å². The third-order valence-electron chi connectivity index (χ3n) is 9.38. The molecule has 0 spiro atoms. The van der Waals surface area contributed by atoms with Crippen molar-refractivity contribution in [1.82, 2.24) is 25.2 Å². The molecular formula is C30H34F5N7O3. The largest absolute Gasteiger partial charge is 0.472 e. The number of halogens is 5. The maximum Gasteiger partial charge on any atom is 0.419 e. The van der Waals surface area contributed by atoms with Crippen LogP contribution >= 0.6 is 0 Å². The van der Waals surface area contributed by atoms with Crippen LogP contribution < -0.4 is 25.4 Å². The van der Waals surface area contributed by atoms with Crippen molar-refractivity contribution >= 4 is 22.4 Å². The third-order valence-corrected chi connectivity index (χ3v) is 9.38. The average molecular weight is 636 g/mol. The van der Waals surface area contributed by atoms with Crippen molar-refractivity contribution in [3.8, 4) is 23.1 Å². The smallest absolute Gasteiger partial charge is 0.419 e. The SMILES string of the molecule is CC[C@@H]1CN2c3nc(OC[C@@H]4CC[C@H]5COCCN54)nc4c(F)c(-c5cc(N)cc(F)c5C(F)(F)F)nc(c34)O[C@@H](C)[C@@H]2CN1. The van der Waals surface area contributed by atoms with Crippen LogP contribution in [0.3, 0.4) is 0 Å². The lowest BCUT2D eigenvalue weighted by molar-refractivity contribution is -0.139. The van der Waals surface area contributed by atoms with Crippen LogP contribution in [-0.2, 0) is 10.9 Å². The number of nitrogens with one attached hydrogen (secondary N) is 1. The van der Waals surface area contributed by atoms with Gasteiger partial charge in [-0.1, -0.05) is 6.92 Å². The molecule has 0 radical (unpaired) electrons. The van der Waals surface area contributed by atoms with Crippen LogP contribution in [-0.4, -0.2) is 89.6 Å². The summed E-state index contributed by atoms with van der Waals surface area (Å²) >= 11 is 0. The zero-order valence-corrected chi connectivity index (χ0v) is 24.8. The van der Waals surface area contributed by atoms with Gasteiger partial charge in [-0.05, 0) is 38.3 Å². The molecule has 242 valence electrons. The topological polar surface area (TPSA) is 111 Å². The van der Waals surface area contributed by atoms with E-state index < -0.39 is 40.7 Å². The second kappa shape index (κ2) is 11.4. The third kappa shape index (κ3) is 5.27. The Morgan fingerprint density at radius 2 is 1.98 bits per heavy atom. The zero-order valence-electron chi connectivity index (χ0n) is 24.8. The molecule has 3 saturated heterocycles. The number of nitrogen functional groups attached to an aromatic ring is 1. The lowest BCUT2D eigenvalue weighted by Gasteiger charge is -2.42. The van der Waals surface area contributed by atoms with Crippen LogP contribution in [0.4, 0.5) is 33.5 Å². The van der Waals surface area contributed by atoms with E-state index in [2.05, 4.69) is 20.2 Å². The van der Waals surface area contributed by atoms with Crippen LogP contribution in [0.5, 0.6) is 11.9 Å². The maximum absolute atomic E-state index is 16.6. The number of pyridine rings is 1. The number of morpholine rings is 1. The summed E-state index contributed by atoms with van der Waals surface area (Å²) < 4.78 is 91.7. The van der Waals surface area contributed by atoms with E-state index in [-0.39, 0.29) is 53.2 Å². The summed E-state index contributed by atoms with van der Waals surface area (Å²) in [5.41, 5.74) is 1.76. The van der Waals surface area contributed by atoms with Crippen molar-refractivity contribution in [1.29, 1.82) is 0 Å². The van der Waals surface area contributed by atoms with Crippen molar-refractivity contribution in [3.05, 3.63) is 29.3 Å². The second-order valence-corrected chi connectivity index (χ2v) is 12.1. The number of hydrogen-bond acceptors (Lipinski definition) is 10. The van der Waals surface area contributed by atoms with Gasteiger partial charge in [0.2, 0.25) is 5.88 Å². The molecule has 0 saturated carbocycles. The van der Waals surface area contributed by atoms with Gasteiger partial charge in [0.25, 0.3) is 0 Å². The Balaban J connectivity index is 1.39. The molecule has 7 rings (SSSR count). The molecule has 3 fully saturated rings. The number of piperazine rings is 1. The summed E-state index contributed by atoms with van der Waals surface area (Å²) in [6.07, 6.45) is -3.04. The number of fused-ring (bicyclic) bond motifs is 3. The Morgan fingerprint density at radius 1 is 1.16 bits per heavy atom. The summed E-state index contributed by atoms with van der Waals surface area (Å²) in [7, 11) is 0. The van der Waals surface area contributed by atoms with Gasteiger partial charge in [0.15, 0.2) is 5.82 Å². The highest BCUT2D eigenvalue weighted by molar-refractivity contribution is 5.97. The van der Waals surface area contributed by atoms with Crippen LogP contribution in [0.15, 0.2) is 12.1 Å². The van der Waals surface area contributed by atoms with E-state index in [0.717, 1.165) is 31.9 Å². The molecule has 0 aliphatic carbocycles. The number of hydrogen-bond donors (Lipinski definition) is 2. The van der Waals surface area contributed by atoms with Gasteiger partial charge >= 0.3 is 12.2 Å². The summed E-state index contributed by atoms with van der Waals surface area (Å²) in [5, 5.41) is 3.60. The van der Waals surface area contributed by atoms with Crippen molar-refractivity contribution in [3.63, 3.8) is 0 Å². The average Bonchev–Trinajstić information content (AvgIpc) is 3.37.